The fourth-order valence-corrected chi connectivity index (χ4v) is 1.88. The van der Waals surface area contributed by atoms with Crippen LogP contribution in [0.3, 0.4) is 0 Å². The van der Waals surface area contributed by atoms with E-state index < -0.39 is 22.0 Å². The van der Waals surface area contributed by atoms with E-state index in [4.69, 9.17) is 0 Å². The molecule has 0 radical (unpaired) electrons. The summed E-state index contributed by atoms with van der Waals surface area (Å²) in [5.74, 6) is -0.424. The zero-order chi connectivity index (χ0) is 16.3. The third-order valence-electron chi connectivity index (χ3n) is 3.11. The summed E-state index contributed by atoms with van der Waals surface area (Å²) < 4.78 is 0. The highest BCUT2D eigenvalue weighted by Crippen LogP contribution is 2.18. The predicted molar refractivity (Wildman–Crippen MR) is 82.6 cm³/mol. The lowest BCUT2D eigenvalue weighted by Gasteiger charge is -2.04. The van der Waals surface area contributed by atoms with Crippen molar-refractivity contribution < 1.29 is 10.0 Å². The smallest absolute Gasteiger partial charge is 0.395 e. The molecule has 7 heteroatoms. The molecule has 1 aromatic heterocycles. The number of hydrogen-bond acceptors (Lipinski definition) is 5. The SMILES string of the molecule is CC(C)c1ccc(/C=C/c2nc(O)c([N+](=O)[O-])c(=O)[nH]2)cc1. The lowest BCUT2D eigenvalue weighted by Crippen LogP contribution is -2.14. The van der Waals surface area contributed by atoms with Gasteiger partial charge in [-0.3, -0.25) is 14.9 Å². The van der Waals surface area contributed by atoms with E-state index in [2.05, 4.69) is 23.8 Å². The van der Waals surface area contributed by atoms with Crippen molar-refractivity contribution in [2.75, 3.05) is 0 Å². The Kier molecular flexibility index (Phi) is 4.36. The van der Waals surface area contributed by atoms with E-state index in [0.29, 0.717) is 5.92 Å². The highest BCUT2D eigenvalue weighted by Gasteiger charge is 2.21. The summed E-state index contributed by atoms with van der Waals surface area (Å²) in [6, 6.07) is 7.81. The van der Waals surface area contributed by atoms with Crippen molar-refractivity contribution in [3.05, 3.63) is 61.7 Å². The molecule has 1 heterocycles. The molecule has 7 nitrogen and oxygen atoms in total. The summed E-state index contributed by atoms with van der Waals surface area (Å²) in [7, 11) is 0. The summed E-state index contributed by atoms with van der Waals surface area (Å²) in [6.45, 7) is 4.19. The van der Waals surface area contributed by atoms with Gasteiger partial charge in [-0.1, -0.05) is 44.2 Å². The lowest BCUT2D eigenvalue weighted by atomic mass is 10.0. The number of H-pyrrole nitrogens is 1. The van der Waals surface area contributed by atoms with E-state index >= 15 is 0 Å². The van der Waals surface area contributed by atoms with Crippen LogP contribution >= 0.6 is 0 Å². The second kappa shape index (κ2) is 6.21. The van der Waals surface area contributed by atoms with Gasteiger partial charge in [0.15, 0.2) is 0 Å². The van der Waals surface area contributed by atoms with Crippen molar-refractivity contribution in [2.24, 2.45) is 0 Å². The van der Waals surface area contributed by atoms with Gasteiger partial charge >= 0.3 is 11.2 Å². The van der Waals surface area contributed by atoms with Crippen LogP contribution in [0, 0.1) is 10.1 Å². The lowest BCUT2D eigenvalue weighted by molar-refractivity contribution is -0.387. The first-order valence-corrected chi connectivity index (χ1v) is 6.64. The molecule has 114 valence electrons. The van der Waals surface area contributed by atoms with Crippen molar-refractivity contribution in [2.45, 2.75) is 19.8 Å². The molecule has 0 spiro atoms. The summed E-state index contributed by atoms with van der Waals surface area (Å²) in [5.41, 5.74) is 0.132. The molecule has 22 heavy (non-hydrogen) atoms. The van der Waals surface area contributed by atoms with E-state index in [1.54, 1.807) is 6.08 Å². The molecule has 0 amide bonds. The molecule has 2 N–H and O–H groups in total. The second-order valence-electron chi connectivity index (χ2n) is 5.04. The Morgan fingerprint density at radius 2 is 1.91 bits per heavy atom. The minimum absolute atomic E-state index is 0.0426. The van der Waals surface area contributed by atoms with Crippen LogP contribution in [0.1, 0.15) is 36.7 Å². The van der Waals surface area contributed by atoms with Crippen LogP contribution in [0.15, 0.2) is 29.1 Å². The van der Waals surface area contributed by atoms with Crippen molar-refractivity contribution in [1.29, 1.82) is 0 Å². The van der Waals surface area contributed by atoms with E-state index in [1.807, 2.05) is 24.3 Å². The van der Waals surface area contributed by atoms with E-state index in [0.717, 1.165) is 5.56 Å². The second-order valence-corrected chi connectivity index (χ2v) is 5.04. The van der Waals surface area contributed by atoms with Crippen LogP contribution in [-0.2, 0) is 0 Å². The van der Waals surface area contributed by atoms with Crippen LogP contribution in [0.2, 0.25) is 0 Å². The number of nitro groups is 1. The molecule has 0 bridgehead atoms. The van der Waals surface area contributed by atoms with Gasteiger partial charge < -0.3 is 10.1 Å². The number of rotatable bonds is 4. The van der Waals surface area contributed by atoms with Gasteiger partial charge in [0.2, 0.25) is 0 Å². The monoisotopic (exact) mass is 301 g/mol. The third kappa shape index (κ3) is 3.38. The first kappa shape index (κ1) is 15.4. The number of aromatic hydroxyl groups is 1. The standard InChI is InChI=1S/C15H15N3O4/c1-9(2)11-6-3-10(4-7-11)5-8-12-16-14(19)13(18(21)22)15(20)17-12/h3-9H,1-2H3,(H2,16,17,19,20)/b8-5+. The molecule has 0 saturated heterocycles. The molecule has 0 fully saturated rings. The predicted octanol–water partition coefficient (Wildman–Crippen LogP) is 2.68. The average Bonchev–Trinajstić information content (AvgIpc) is 2.44. The van der Waals surface area contributed by atoms with E-state index in [9.17, 15) is 20.0 Å². The zero-order valence-electron chi connectivity index (χ0n) is 12.1. The fraction of sp³-hybridized carbons (Fsp3) is 0.200. The first-order chi connectivity index (χ1) is 10.4. The summed E-state index contributed by atoms with van der Waals surface area (Å²) in [4.78, 5) is 26.9. The zero-order valence-corrected chi connectivity index (χ0v) is 12.1. The topological polar surface area (TPSA) is 109 Å². The van der Waals surface area contributed by atoms with Gasteiger partial charge in [0.05, 0.1) is 4.92 Å². The minimum atomic E-state index is -0.993. The number of aromatic amines is 1. The van der Waals surface area contributed by atoms with Gasteiger partial charge in [-0.25, -0.2) is 0 Å². The molecular formula is C15H15N3O4. The molecule has 0 unspecified atom stereocenters. The maximum atomic E-state index is 11.5. The van der Waals surface area contributed by atoms with Gasteiger partial charge in [0.1, 0.15) is 5.82 Å². The van der Waals surface area contributed by atoms with E-state index in [-0.39, 0.29) is 5.82 Å². The summed E-state index contributed by atoms with van der Waals surface area (Å²) in [5, 5.41) is 20.0. The van der Waals surface area contributed by atoms with Crippen LogP contribution in [0.25, 0.3) is 12.2 Å². The number of benzene rings is 1. The van der Waals surface area contributed by atoms with E-state index in [1.165, 1.54) is 11.6 Å². The van der Waals surface area contributed by atoms with Gasteiger partial charge in [0, 0.05) is 0 Å². The summed E-state index contributed by atoms with van der Waals surface area (Å²) in [6.07, 6.45) is 3.16. The van der Waals surface area contributed by atoms with Gasteiger partial charge in [-0.05, 0) is 23.1 Å². The Hall–Kier alpha value is -2.96. The highest BCUT2D eigenvalue weighted by molar-refractivity contribution is 5.67. The van der Waals surface area contributed by atoms with Gasteiger partial charge in [-0.2, -0.15) is 4.98 Å². The number of aromatic nitrogens is 2. The average molecular weight is 301 g/mol. The maximum Gasteiger partial charge on any atom is 0.395 e. The molecule has 2 aromatic rings. The van der Waals surface area contributed by atoms with Crippen molar-refractivity contribution >= 4 is 17.8 Å². The normalized spacial score (nSPS) is 11.2. The maximum absolute atomic E-state index is 11.5. The first-order valence-electron chi connectivity index (χ1n) is 6.64. The Morgan fingerprint density at radius 3 is 2.41 bits per heavy atom. The minimum Gasteiger partial charge on any atom is -0.488 e. The Labute approximate surface area is 126 Å². The number of hydrogen-bond donors (Lipinski definition) is 2. The van der Waals surface area contributed by atoms with Gasteiger partial charge in [0.25, 0.3) is 5.88 Å². The van der Waals surface area contributed by atoms with Crippen molar-refractivity contribution in [3.63, 3.8) is 0 Å². The molecule has 0 saturated carbocycles. The van der Waals surface area contributed by atoms with Crippen molar-refractivity contribution in [3.8, 4) is 5.88 Å². The van der Waals surface area contributed by atoms with Crippen LogP contribution in [0.5, 0.6) is 5.88 Å². The van der Waals surface area contributed by atoms with Crippen LogP contribution in [-0.4, -0.2) is 20.0 Å². The quantitative estimate of drug-likeness (QED) is 0.666. The Balaban J connectivity index is 2.27. The summed E-state index contributed by atoms with van der Waals surface area (Å²) >= 11 is 0. The molecule has 0 aliphatic heterocycles. The third-order valence-corrected chi connectivity index (χ3v) is 3.11. The molecule has 0 aliphatic rings. The van der Waals surface area contributed by atoms with Crippen LogP contribution < -0.4 is 5.56 Å². The largest absolute Gasteiger partial charge is 0.488 e. The van der Waals surface area contributed by atoms with Gasteiger partial charge in [-0.15, -0.1) is 0 Å². The van der Waals surface area contributed by atoms with Crippen molar-refractivity contribution in [1.82, 2.24) is 9.97 Å². The highest BCUT2D eigenvalue weighted by atomic mass is 16.6. The molecule has 2 rings (SSSR count). The Morgan fingerprint density at radius 1 is 1.27 bits per heavy atom. The molecule has 0 aliphatic carbocycles. The number of nitrogens with zero attached hydrogens (tertiary/aromatic N) is 2. The molecule has 1 aromatic carbocycles. The number of nitrogens with one attached hydrogen (secondary N) is 1. The fourth-order valence-electron chi connectivity index (χ4n) is 1.88. The molecular weight excluding hydrogens is 286 g/mol. The Bertz CT molecular complexity index is 776. The molecule has 0 atom stereocenters. The van der Waals surface area contributed by atoms with Crippen LogP contribution in [0.4, 0.5) is 5.69 Å².